The molecule has 1 aliphatic rings. The number of fused-ring (bicyclic) bond motifs is 1. The molecular weight excluding hydrogens is 749 g/mol. The van der Waals surface area contributed by atoms with Gasteiger partial charge in [0, 0.05) is 20.5 Å². The summed E-state index contributed by atoms with van der Waals surface area (Å²) in [5.74, 6) is -0.0189. The minimum Gasteiger partial charge on any atom is -0.477 e. The monoisotopic (exact) mass is 771 g/mol. The topological polar surface area (TPSA) is 93.7 Å². The first-order valence-corrected chi connectivity index (χ1v) is 16.7. The first-order chi connectivity index (χ1) is 20.4. The molecule has 3 aromatic carbocycles. The molecule has 0 spiro atoms. The SMILES string of the molecule is CCOC(=O)C1=C(c2ccccc2)N=c2s/c(=C\c3cc(Br)cc(I)c3OCC#N)c(=O)n2[C@H]1c1ccc(SC)cc1. The Bertz CT molecular complexity index is 1910. The summed E-state index contributed by atoms with van der Waals surface area (Å²) < 4.78 is 14.8. The molecule has 42 heavy (non-hydrogen) atoms. The van der Waals surface area contributed by atoms with Crippen LogP contribution in [0.15, 0.2) is 91.5 Å². The molecule has 0 aliphatic carbocycles. The van der Waals surface area contributed by atoms with Gasteiger partial charge < -0.3 is 9.47 Å². The van der Waals surface area contributed by atoms with Crippen molar-refractivity contribution in [3.63, 3.8) is 0 Å². The summed E-state index contributed by atoms with van der Waals surface area (Å²) in [5, 5.41) is 9.10. The number of nitriles is 1. The van der Waals surface area contributed by atoms with Crippen LogP contribution in [-0.2, 0) is 9.53 Å². The van der Waals surface area contributed by atoms with Gasteiger partial charge in [-0.1, -0.05) is 69.7 Å². The minimum atomic E-state index is -0.759. The summed E-state index contributed by atoms with van der Waals surface area (Å²) >= 11 is 8.51. The highest BCUT2D eigenvalue weighted by Gasteiger charge is 2.35. The van der Waals surface area contributed by atoms with Gasteiger partial charge in [-0.2, -0.15) is 5.26 Å². The van der Waals surface area contributed by atoms with E-state index in [4.69, 9.17) is 19.7 Å². The molecule has 0 unspecified atom stereocenters. The first kappa shape index (κ1) is 30.3. The normalized spacial score (nSPS) is 14.6. The van der Waals surface area contributed by atoms with Crippen LogP contribution in [0.1, 0.15) is 29.7 Å². The molecule has 0 fully saturated rings. The fourth-order valence-electron chi connectivity index (χ4n) is 4.63. The van der Waals surface area contributed by atoms with E-state index in [2.05, 4.69) is 38.5 Å². The molecule has 5 rings (SSSR count). The van der Waals surface area contributed by atoms with Crippen molar-refractivity contribution in [3.05, 3.63) is 117 Å². The number of halogens is 2. The third kappa shape index (κ3) is 6.13. The zero-order valence-corrected chi connectivity index (χ0v) is 27.8. The molecule has 212 valence electrons. The second-order valence-electron chi connectivity index (χ2n) is 8.96. The van der Waals surface area contributed by atoms with Gasteiger partial charge in [0.25, 0.3) is 5.56 Å². The van der Waals surface area contributed by atoms with Crippen LogP contribution in [0.5, 0.6) is 5.75 Å². The molecule has 11 heteroatoms. The lowest BCUT2D eigenvalue weighted by atomic mass is 9.93. The van der Waals surface area contributed by atoms with Gasteiger partial charge in [-0.3, -0.25) is 9.36 Å². The number of ether oxygens (including phenoxy) is 2. The molecule has 7 nitrogen and oxygen atoms in total. The van der Waals surface area contributed by atoms with Crippen molar-refractivity contribution < 1.29 is 14.3 Å². The molecular formula is C31H23BrIN3O4S2. The van der Waals surface area contributed by atoms with Gasteiger partial charge in [-0.05, 0) is 71.7 Å². The molecule has 0 radical (unpaired) electrons. The Labute approximate surface area is 272 Å². The maximum atomic E-state index is 14.2. The summed E-state index contributed by atoms with van der Waals surface area (Å²) in [6, 6.07) is 22.2. The fraction of sp³-hybridized carbons (Fsp3) is 0.161. The van der Waals surface area contributed by atoms with E-state index in [-0.39, 0.29) is 18.8 Å². The number of rotatable bonds is 8. The number of nitrogens with zero attached hydrogens (tertiary/aromatic N) is 3. The zero-order chi connectivity index (χ0) is 29.8. The van der Waals surface area contributed by atoms with Crippen molar-refractivity contribution in [3.8, 4) is 11.8 Å². The highest BCUT2D eigenvalue weighted by atomic mass is 127. The number of hydrogen-bond donors (Lipinski definition) is 0. The number of thioether (sulfide) groups is 1. The van der Waals surface area contributed by atoms with E-state index < -0.39 is 12.0 Å². The van der Waals surface area contributed by atoms with Gasteiger partial charge in [0.1, 0.15) is 11.8 Å². The van der Waals surface area contributed by atoms with Crippen molar-refractivity contribution >= 4 is 79.4 Å². The third-order valence-corrected chi connectivity index (χ3v) is 9.40. The molecule has 0 saturated heterocycles. The highest BCUT2D eigenvalue weighted by Crippen LogP contribution is 2.36. The Morgan fingerprint density at radius 1 is 1.21 bits per heavy atom. The van der Waals surface area contributed by atoms with Crippen LogP contribution in [0.25, 0.3) is 11.8 Å². The van der Waals surface area contributed by atoms with Crippen LogP contribution in [0.4, 0.5) is 0 Å². The zero-order valence-electron chi connectivity index (χ0n) is 22.5. The van der Waals surface area contributed by atoms with Gasteiger partial charge in [-0.25, -0.2) is 9.79 Å². The number of esters is 1. The summed E-state index contributed by atoms with van der Waals surface area (Å²) in [7, 11) is 0. The molecule has 2 heterocycles. The summed E-state index contributed by atoms with van der Waals surface area (Å²) in [4.78, 5) is 34.2. The quantitative estimate of drug-likeness (QED) is 0.125. The Hall–Kier alpha value is -3.18. The van der Waals surface area contributed by atoms with E-state index in [0.29, 0.717) is 31.9 Å². The van der Waals surface area contributed by atoms with Crippen LogP contribution < -0.4 is 19.6 Å². The van der Waals surface area contributed by atoms with E-state index >= 15 is 0 Å². The van der Waals surface area contributed by atoms with Crippen molar-refractivity contribution in [2.75, 3.05) is 19.5 Å². The Morgan fingerprint density at radius 2 is 1.95 bits per heavy atom. The lowest BCUT2D eigenvalue weighted by Gasteiger charge is -2.26. The number of carbonyl (C=O) groups excluding carboxylic acids is 1. The largest absolute Gasteiger partial charge is 0.477 e. The van der Waals surface area contributed by atoms with Crippen LogP contribution in [0, 0.1) is 14.9 Å². The lowest BCUT2D eigenvalue weighted by Crippen LogP contribution is -2.40. The van der Waals surface area contributed by atoms with E-state index in [1.165, 1.54) is 11.3 Å². The standard InChI is InChI=1S/C31H23BrIN3O4S2/c1-3-39-30(38)25-26(18-7-5-4-6-8-18)35-31-36(27(25)19-9-11-22(41-2)12-10-19)29(37)24(42-31)16-20-15-21(32)17-23(33)28(20)40-14-13-34/h4-12,15-17,27H,3,14H2,1-2H3/b24-16-/t27-/m0/s1. The van der Waals surface area contributed by atoms with Crippen LogP contribution in [0.2, 0.25) is 0 Å². The second-order valence-corrected chi connectivity index (χ2v) is 12.9. The molecule has 0 amide bonds. The lowest BCUT2D eigenvalue weighted by molar-refractivity contribution is -0.138. The smallest absolute Gasteiger partial charge is 0.338 e. The van der Waals surface area contributed by atoms with Gasteiger partial charge in [-0.15, -0.1) is 11.8 Å². The van der Waals surface area contributed by atoms with Crippen molar-refractivity contribution in [2.24, 2.45) is 4.99 Å². The molecule has 0 saturated carbocycles. The molecule has 0 N–H and O–H groups in total. The summed E-state index contributed by atoms with van der Waals surface area (Å²) in [5.41, 5.74) is 2.63. The van der Waals surface area contributed by atoms with Crippen LogP contribution in [-0.4, -0.2) is 30.0 Å². The van der Waals surface area contributed by atoms with Gasteiger partial charge in [0.15, 0.2) is 11.4 Å². The van der Waals surface area contributed by atoms with Gasteiger partial charge >= 0.3 is 5.97 Å². The average Bonchev–Trinajstić information content (AvgIpc) is 3.30. The maximum Gasteiger partial charge on any atom is 0.338 e. The maximum absolute atomic E-state index is 14.2. The Kier molecular flexibility index (Phi) is 9.67. The average molecular weight is 772 g/mol. The second kappa shape index (κ2) is 13.4. The molecule has 1 aromatic heterocycles. The number of benzene rings is 3. The van der Waals surface area contributed by atoms with Gasteiger partial charge in [0.05, 0.1) is 32.0 Å². The van der Waals surface area contributed by atoms with E-state index in [1.807, 2.05) is 79.1 Å². The molecule has 4 aromatic rings. The third-order valence-electron chi connectivity index (χ3n) is 6.41. The van der Waals surface area contributed by atoms with Crippen molar-refractivity contribution in [1.82, 2.24) is 4.57 Å². The summed E-state index contributed by atoms with van der Waals surface area (Å²) in [6.45, 7) is 1.80. The number of hydrogen-bond acceptors (Lipinski definition) is 8. The Morgan fingerprint density at radius 3 is 2.62 bits per heavy atom. The summed E-state index contributed by atoms with van der Waals surface area (Å²) in [6.07, 6.45) is 3.74. The number of aromatic nitrogens is 1. The predicted molar refractivity (Wildman–Crippen MR) is 177 cm³/mol. The van der Waals surface area contributed by atoms with Crippen molar-refractivity contribution in [1.29, 1.82) is 5.26 Å². The number of thiazole rings is 1. The molecule has 0 bridgehead atoms. The van der Waals surface area contributed by atoms with E-state index in [1.54, 1.807) is 29.3 Å². The highest BCUT2D eigenvalue weighted by molar-refractivity contribution is 14.1. The van der Waals surface area contributed by atoms with Crippen LogP contribution in [0.3, 0.4) is 0 Å². The van der Waals surface area contributed by atoms with Crippen molar-refractivity contribution in [2.45, 2.75) is 17.9 Å². The van der Waals surface area contributed by atoms with Crippen LogP contribution >= 0.6 is 61.6 Å². The first-order valence-electron chi connectivity index (χ1n) is 12.8. The van der Waals surface area contributed by atoms with E-state index in [9.17, 15) is 9.59 Å². The molecule has 1 aliphatic heterocycles. The predicted octanol–water partition coefficient (Wildman–Crippen LogP) is 5.93. The molecule has 1 atom stereocenters. The Balaban J connectivity index is 1.82. The van der Waals surface area contributed by atoms with Gasteiger partial charge in [0.2, 0.25) is 0 Å². The fourth-order valence-corrected chi connectivity index (χ4v) is 7.73. The van der Waals surface area contributed by atoms with E-state index in [0.717, 1.165) is 24.1 Å². The number of carbonyl (C=O) groups is 1. The minimum absolute atomic E-state index is 0.130.